The zero-order chi connectivity index (χ0) is 19.7. The van der Waals surface area contributed by atoms with E-state index in [-0.39, 0.29) is 17.6 Å². The second-order valence-corrected chi connectivity index (χ2v) is 6.96. The van der Waals surface area contributed by atoms with Gasteiger partial charge in [0.05, 0.1) is 23.3 Å². The van der Waals surface area contributed by atoms with E-state index in [0.717, 1.165) is 23.6 Å². The second-order valence-electron chi connectivity index (χ2n) is 6.57. The lowest BCUT2D eigenvalue weighted by Gasteiger charge is -2.28. The summed E-state index contributed by atoms with van der Waals surface area (Å²) in [7, 11) is 0. The number of pyridine rings is 1. The van der Waals surface area contributed by atoms with Gasteiger partial charge < -0.3 is 19.9 Å². The van der Waals surface area contributed by atoms with Gasteiger partial charge in [0.2, 0.25) is 0 Å². The molecule has 2 atom stereocenters. The summed E-state index contributed by atoms with van der Waals surface area (Å²) in [5, 5.41) is 13.4. The molecule has 2 N–H and O–H groups in total. The SMILES string of the molecule is CCN1C(=S)N[C@@H](c2ccccn2)[C@H]1c1cccn1-c1cccc(C(=O)O)c1. The smallest absolute Gasteiger partial charge is 0.335 e. The summed E-state index contributed by atoms with van der Waals surface area (Å²) < 4.78 is 2.02. The van der Waals surface area contributed by atoms with Crippen molar-refractivity contribution in [3.8, 4) is 5.69 Å². The molecule has 0 amide bonds. The highest BCUT2D eigenvalue weighted by Crippen LogP contribution is 2.39. The van der Waals surface area contributed by atoms with Gasteiger partial charge in [-0.15, -0.1) is 0 Å². The highest BCUT2D eigenvalue weighted by molar-refractivity contribution is 7.80. The van der Waals surface area contributed by atoms with E-state index in [1.807, 2.05) is 47.2 Å². The fourth-order valence-corrected chi connectivity index (χ4v) is 4.10. The number of hydrogen-bond donors (Lipinski definition) is 2. The van der Waals surface area contributed by atoms with Crippen molar-refractivity contribution in [2.24, 2.45) is 0 Å². The molecule has 28 heavy (non-hydrogen) atoms. The van der Waals surface area contributed by atoms with Crippen LogP contribution in [0.5, 0.6) is 0 Å². The summed E-state index contributed by atoms with van der Waals surface area (Å²) in [5.74, 6) is -0.944. The summed E-state index contributed by atoms with van der Waals surface area (Å²) in [4.78, 5) is 18.1. The van der Waals surface area contributed by atoms with Gasteiger partial charge in [-0.2, -0.15) is 0 Å². The molecule has 0 unspecified atom stereocenters. The van der Waals surface area contributed by atoms with E-state index in [1.165, 1.54) is 0 Å². The van der Waals surface area contributed by atoms with Crippen LogP contribution in [-0.4, -0.2) is 37.2 Å². The van der Waals surface area contributed by atoms with Crippen molar-refractivity contribution >= 4 is 23.3 Å². The topological polar surface area (TPSA) is 70.4 Å². The van der Waals surface area contributed by atoms with Crippen molar-refractivity contribution in [2.45, 2.75) is 19.0 Å². The number of benzene rings is 1. The van der Waals surface area contributed by atoms with E-state index in [1.54, 1.807) is 24.4 Å². The first-order valence-corrected chi connectivity index (χ1v) is 9.50. The third-order valence-electron chi connectivity index (χ3n) is 4.99. The van der Waals surface area contributed by atoms with Crippen molar-refractivity contribution in [3.63, 3.8) is 0 Å². The molecule has 2 aromatic heterocycles. The Morgan fingerprint density at radius 3 is 2.79 bits per heavy atom. The maximum Gasteiger partial charge on any atom is 0.335 e. The Bertz CT molecular complexity index is 1020. The third kappa shape index (κ3) is 3.14. The summed E-state index contributed by atoms with van der Waals surface area (Å²) in [5.41, 5.74) is 2.99. The van der Waals surface area contributed by atoms with Gasteiger partial charge in [0.25, 0.3) is 0 Å². The molecule has 7 heteroatoms. The van der Waals surface area contributed by atoms with Gasteiger partial charge in [0.1, 0.15) is 0 Å². The number of nitrogens with one attached hydrogen (secondary N) is 1. The van der Waals surface area contributed by atoms with Crippen LogP contribution in [0.1, 0.15) is 40.8 Å². The predicted molar refractivity (Wildman–Crippen MR) is 111 cm³/mol. The molecule has 0 aliphatic carbocycles. The van der Waals surface area contributed by atoms with Crippen LogP contribution in [0.25, 0.3) is 5.69 Å². The van der Waals surface area contributed by atoms with E-state index >= 15 is 0 Å². The van der Waals surface area contributed by atoms with Crippen molar-refractivity contribution < 1.29 is 9.90 Å². The van der Waals surface area contributed by atoms with Crippen LogP contribution in [-0.2, 0) is 0 Å². The molecule has 1 aromatic carbocycles. The molecular formula is C21H20N4O2S. The van der Waals surface area contributed by atoms with Gasteiger partial charge in [-0.05, 0) is 61.6 Å². The molecule has 1 saturated heterocycles. The standard InChI is InChI=1S/C21H20N4O2S/c1-2-24-19(18(23-21(24)28)16-9-3-4-11-22-16)17-10-6-12-25(17)15-8-5-7-14(13-15)20(26)27/h3-13,18-19H,2H2,1H3,(H,23,28)(H,26,27)/t18-,19+/m0/s1. The van der Waals surface area contributed by atoms with Crippen LogP contribution >= 0.6 is 12.2 Å². The minimum atomic E-state index is -0.944. The predicted octanol–water partition coefficient (Wildman–Crippen LogP) is 3.56. The molecular weight excluding hydrogens is 372 g/mol. The number of nitrogens with zero attached hydrogens (tertiary/aromatic N) is 3. The fraction of sp³-hybridized carbons (Fsp3) is 0.190. The minimum absolute atomic E-state index is 0.0594. The number of carboxylic acids is 1. The summed E-state index contributed by atoms with van der Waals surface area (Å²) >= 11 is 5.58. The maximum atomic E-state index is 11.4. The van der Waals surface area contributed by atoms with E-state index in [0.29, 0.717) is 5.11 Å². The first-order chi connectivity index (χ1) is 13.6. The largest absolute Gasteiger partial charge is 0.478 e. The normalized spacial score (nSPS) is 18.9. The van der Waals surface area contributed by atoms with E-state index in [2.05, 4.69) is 22.1 Å². The number of likely N-dealkylation sites (N-methyl/N-ethyl adjacent to an activating group) is 1. The molecule has 6 nitrogen and oxygen atoms in total. The number of thiocarbonyl (C=S) groups is 1. The van der Waals surface area contributed by atoms with Gasteiger partial charge >= 0.3 is 5.97 Å². The number of aromatic carboxylic acids is 1. The number of carbonyl (C=O) groups is 1. The average Bonchev–Trinajstić information content (AvgIpc) is 3.32. The van der Waals surface area contributed by atoms with Crippen molar-refractivity contribution in [1.82, 2.24) is 19.8 Å². The molecule has 3 heterocycles. The summed E-state index contributed by atoms with van der Waals surface area (Å²) in [6, 6.07) is 16.6. The number of hydrogen-bond acceptors (Lipinski definition) is 3. The molecule has 142 valence electrons. The zero-order valence-electron chi connectivity index (χ0n) is 15.3. The van der Waals surface area contributed by atoms with Gasteiger partial charge in [-0.3, -0.25) is 4.98 Å². The Labute approximate surface area is 168 Å². The number of aromatic nitrogens is 2. The Balaban J connectivity index is 1.81. The lowest BCUT2D eigenvalue weighted by Crippen LogP contribution is -2.30. The van der Waals surface area contributed by atoms with Gasteiger partial charge in [0.15, 0.2) is 5.11 Å². The van der Waals surface area contributed by atoms with E-state index in [4.69, 9.17) is 12.2 Å². The molecule has 0 bridgehead atoms. The van der Waals surface area contributed by atoms with Gasteiger partial charge in [-0.1, -0.05) is 12.1 Å². The third-order valence-corrected chi connectivity index (χ3v) is 5.35. The quantitative estimate of drug-likeness (QED) is 0.647. The summed E-state index contributed by atoms with van der Waals surface area (Å²) in [6.45, 7) is 2.82. The monoisotopic (exact) mass is 392 g/mol. The molecule has 4 rings (SSSR count). The maximum absolute atomic E-state index is 11.4. The average molecular weight is 392 g/mol. The molecule has 0 spiro atoms. The number of carboxylic acid groups (broad SMARTS) is 1. The van der Waals surface area contributed by atoms with Gasteiger partial charge in [-0.25, -0.2) is 4.79 Å². The Kier molecular flexibility index (Phi) is 4.83. The first kappa shape index (κ1) is 18.2. The second kappa shape index (κ2) is 7.44. The van der Waals surface area contributed by atoms with Crippen LogP contribution in [0.3, 0.4) is 0 Å². The van der Waals surface area contributed by atoms with Crippen LogP contribution in [0.2, 0.25) is 0 Å². The van der Waals surface area contributed by atoms with E-state index in [9.17, 15) is 9.90 Å². The van der Waals surface area contributed by atoms with Crippen molar-refractivity contribution in [3.05, 3.63) is 83.9 Å². The fourth-order valence-electron chi connectivity index (χ4n) is 3.73. The first-order valence-electron chi connectivity index (χ1n) is 9.09. The highest BCUT2D eigenvalue weighted by atomic mass is 32.1. The van der Waals surface area contributed by atoms with Crippen molar-refractivity contribution in [2.75, 3.05) is 6.54 Å². The summed E-state index contributed by atoms with van der Waals surface area (Å²) in [6.07, 6.45) is 3.72. The van der Waals surface area contributed by atoms with Crippen LogP contribution < -0.4 is 5.32 Å². The van der Waals surface area contributed by atoms with E-state index < -0.39 is 5.97 Å². The Hall–Kier alpha value is -3.19. The zero-order valence-corrected chi connectivity index (χ0v) is 16.1. The lowest BCUT2D eigenvalue weighted by atomic mass is 10.0. The minimum Gasteiger partial charge on any atom is -0.478 e. The molecule has 0 saturated carbocycles. The molecule has 1 fully saturated rings. The molecule has 1 aliphatic rings. The molecule has 0 radical (unpaired) electrons. The van der Waals surface area contributed by atoms with Crippen molar-refractivity contribution in [1.29, 1.82) is 0 Å². The lowest BCUT2D eigenvalue weighted by molar-refractivity contribution is 0.0697. The molecule has 1 aliphatic heterocycles. The Morgan fingerprint density at radius 2 is 2.07 bits per heavy atom. The number of rotatable bonds is 5. The highest BCUT2D eigenvalue weighted by Gasteiger charge is 2.40. The molecule has 3 aromatic rings. The van der Waals surface area contributed by atoms with Crippen LogP contribution in [0.15, 0.2) is 67.0 Å². The van der Waals surface area contributed by atoms with Gasteiger partial charge in [0, 0.05) is 30.3 Å². The Morgan fingerprint density at radius 1 is 1.21 bits per heavy atom. The van der Waals surface area contributed by atoms with Crippen LogP contribution in [0, 0.1) is 0 Å². The van der Waals surface area contributed by atoms with Crippen LogP contribution in [0.4, 0.5) is 0 Å².